The summed E-state index contributed by atoms with van der Waals surface area (Å²) in [6.45, 7) is 8.60. The molecule has 0 bridgehead atoms. The number of nitrogens with two attached hydrogens (primary N) is 1. The maximum Gasteiger partial charge on any atom is 0.0644 e. The van der Waals surface area contributed by atoms with Crippen LogP contribution in [-0.2, 0) is 7.05 Å². The molecule has 1 aromatic rings. The molecule has 0 aliphatic carbocycles. The summed E-state index contributed by atoms with van der Waals surface area (Å²) < 4.78 is 1.92. The Hall–Kier alpha value is -0.870. The summed E-state index contributed by atoms with van der Waals surface area (Å²) in [5.41, 5.74) is 6.44. The first-order valence-corrected chi connectivity index (χ1v) is 5.93. The molecule has 0 radical (unpaired) electrons. The Kier molecular flexibility index (Phi) is 4.50. The van der Waals surface area contributed by atoms with Crippen LogP contribution < -0.4 is 11.3 Å². The highest BCUT2D eigenvalue weighted by atomic mass is 15.3. The molecule has 0 fully saturated rings. The maximum absolute atomic E-state index is 5.65. The third kappa shape index (κ3) is 2.83. The Morgan fingerprint density at radius 3 is 2.31 bits per heavy atom. The number of hydrogen-bond donors (Lipinski definition) is 2. The molecule has 4 heteroatoms. The van der Waals surface area contributed by atoms with E-state index in [0.717, 1.165) is 12.1 Å². The fraction of sp³-hybridized carbons (Fsp3) is 0.750. The van der Waals surface area contributed by atoms with Crippen LogP contribution in [0.3, 0.4) is 0 Å². The molecule has 1 atom stereocenters. The van der Waals surface area contributed by atoms with Gasteiger partial charge in [0.25, 0.3) is 0 Å². The second kappa shape index (κ2) is 5.46. The van der Waals surface area contributed by atoms with Crippen molar-refractivity contribution in [2.24, 2.45) is 18.8 Å². The van der Waals surface area contributed by atoms with Gasteiger partial charge in [-0.25, -0.2) is 0 Å². The molecule has 1 aromatic heterocycles. The molecular weight excluding hydrogens is 200 g/mol. The van der Waals surface area contributed by atoms with Crippen molar-refractivity contribution in [2.45, 2.75) is 46.6 Å². The molecule has 1 heterocycles. The van der Waals surface area contributed by atoms with E-state index in [4.69, 9.17) is 5.84 Å². The van der Waals surface area contributed by atoms with Crippen LogP contribution in [0.15, 0.2) is 0 Å². The van der Waals surface area contributed by atoms with Crippen molar-refractivity contribution in [3.8, 4) is 0 Å². The van der Waals surface area contributed by atoms with E-state index in [2.05, 4.69) is 31.3 Å². The van der Waals surface area contributed by atoms with Gasteiger partial charge < -0.3 is 0 Å². The fourth-order valence-electron chi connectivity index (χ4n) is 2.11. The standard InChI is InChI=1S/C12H24N4/c1-8(2)6-7-11(14-13)12-9(3)15-16(5)10(12)4/h8,11,14H,6-7,13H2,1-5H3. The maximum atomic E-state index is 5.65. The number of aryl methyl sites for hydroxylation is 2. The lowest BCUT2D eigenvalue weighted by atomic mass is 9.97. The number of hydrogen-bond acceptors (Lipinski definition) is 3. The molecule has 92 valence electrons. The van der Waals surface area contributed by atoms with Gasteiger partial charge in [0.15, 0.2) is 0 Å². The quantitative estimate of drug-likeness (QED) is 0.594. The molecule has 0 saturated carbocycles. The molecule has 1 rings (SSSR count). The Morgan fingerprint density at radius 1 is 1.31 bits per heavy atom. The molecular formula is C12H24N4. The molecule has 0 aliphatic heterocycles. The summed E-state index contributed by atoms with van der Waals surface area (Å²) in [5, 5.41) is 4.43. The Balaban J connectivity index is 2.86. The first-order valence-electron chi connectivity index (χ1n) is 5.93. The first kappa shape index (κ1) is 13.2. The van der Waals surface area contributed by atoms with Gasteiger partial charge in [-0.1, -0.05) is 13.8 Å². The van der Waals surface area contributed by atoms with E-state index >= 15 is 0 Å². The highest BCUT2D eigenvalue weighted by Crippen LogP contribution is 2.25. The van der Waals surface area contributed by atoms with Crippen molar-refractivity contribution in [3.63, 3.8) is 0 Å². The SMILES string of the molecule is Cc1nn(C)c(C)c1C(CCC(C)C)NN. The average Bonchev–Trinajstić information content (AvgIpc) is 2.45. The van der Waals surface area contributed by atoms with Crippen LogP contribution in [-0.4, -0.2) is 9.78 Å². The van der Waals surface area contributed by atoms with Crippen LogP contribution in [0, 0.1) is 19.8 Å². The number of aromatic nitrogens is 2. The van der Waals surface area contributed by atoms with Gasteiger partial charge >= 0.3 is 0 Å². The van der Waals surface area contributed by atoms with Gasteiger partial charge in [0.1, 0.15) is 0 Å². The predicted octanol–water partition coefficient (Wildman–Crippen LogP) is 1.98. The normalized spacial score (nSPS) is 13.4. The van der Waals surface area contributed by atoms with Crippen molar-refractivity contribution < 1.29 is 0 Å². The molecule has 3 N–H and O–H groups in total. The van der Waals surface area contributed by atoms with Gasteiger partial charge in [-0.3, -0.25) is 16.0 Å². The van der Waals surface area contributed by atoms with Gasteiger partial charge in [0, 0.05) is 24.3 Å². The van der Waals surface area contributed by atoms with Crippen LogP contribution in [0.2, 0.25) is 0 Å². The van der Waals surface area contributed by atoms with Crippen LogP contribution in [0.4, 0.5) is 0 Å². The highest BCUT2D eigenvalue weighted by molar-refractivity contribution is 5.27. The van der Waals surface area contributed by atoms with E-state index in [9.17, 15) is 0 Å². The van der Waals surface area contributed by atoms with E-state index in [1.165, 1.54) is 17.7 Å². The third-order valence-electron chi connectivity index (χ3n) is 3.15. The third-order valence-corrected chi connectivity index (χ3v) is 3.15. The van der Waals surface area contributed by atoms with Crippen LogP contribution in [0.25, 0.3) is 0 Å². The molecule has 0 aliphatic rings. The van der Waals surface area contributed by atoms with E-state index in [1.54, 1.807) is 0 Å². The highest BCUT2D eigenvalue weighted by Gasteiger charge is 2.18. The van der Waals surface area contributed by atoms with E-state index in [1.807, 2.05) is 18.7 Å². The number of hydrazine groups is 1. The first-order chi connectivity index (χ1) is 7.47. The second-order valence-electron chi connectivity index (χ2n) is 4.90. The molecule has 0 aromatic carbocycles. The summed E-state index contributed by atoms with van der Waals surface area (Å²) in [6.07, 6.45) is 2.23. The van der Waals surface area contributed by atoms with Crippen LogP contribution >= 0.6 is 0 Å². The van der Waals surface area contributed by atoms with Gasteiger partial charge in [0.2, 0.25) is 0 Å². The number of rotatable bonds is 5. The van der Waals surface area contributed by atoms with Gasteiger partial charge in [-0.05, 0) is 32.6 Å². The zero-order chi connectivity index (χ0) is 12.3. The Morgan fingerprint density at radius 2 is 1.94 bits per heavy atom. The van der Waals surface area contributed by atoms with Gasteiger partial charge in [0.05, 0.1) is 5.69 Å². The summed E-state index contributed by atoms with van der Waals surface area (Å²) >= 11 is 0. The lowest BCUT2D eigenvalue weighted by Gasteiger charge is -2.17. The fourth-order valence-corrected chi connectivity index (χ4v) is 2.11. The molecule has 0 saturated heterocycles. The summed E-state index contributed by atoms with van der Waals surface area (Å²) in [6, 6.07) is 0.219. The predicted molar refractivity (Wildman–Crippen MR) is 66.8 cm³/mol. The molecule has 1 unspecified atom stereocenters. The van der Waals surface area contributed by atoms with Crippen molar-refractivity contribution in [1.82, 2.24) is 15.2 Å². The lowest BCUT2D eigenvalue weighted by Crippen LogP contribution is -2.29. The minimum atomic E-state index is 0.219. The van der Waals surface area contributed by atoms with Crippen molar-refractivity contribution in [3.05, 3.63) is 17.0 Å². The van der Waals surface area contributed by atoms with Crippen LogP contribution in [0.1, 0.15) is 49.7 Å². The minimum absolute atomic E-state index is 0.219. The molecule has 0 spiro atoms. The smallest absolute Gasteiger partial charge is 0.0644 e. The van der Waals surface area contributed by atoms with Gasteiger partial charge in [-0.2, -0.15) is 5.10 Å². The largest absolute Gasteiger partial charge is 0.272 e. The van der Waals surface area contributed by atoms with Gasteiger partial charge in [-0.15, -0.1) is 0 Å². The van der Waals surface area contributed by atoms with Crippen molar-refractivity contribution in [2.75, 3.05) is 0 Å². The summed E-state index contributed by atoms with van der Waals surface area (Å²) in [5.74, 6) is 6.35. The van der Waals surface area contributed by atoms with Crippen LogP contribution in [0.5, 0.6) is 0 Å². The molecule has 4 nitrogen and oxygen atoms in total. The lowest BCUT2D eigenvalue weighted by molar-refractivity contribution is 0.445. The molecule has 0 amide bonds. The average molecular weight is 224 g/mol. The Bertz CT molecular complexity index is 341. The molecule has 16 heavy (non-hydrogen) atoms. The topological polar surface area (TPSA) is 55.9 Å². The van der Waals surface area contributed by atoms with Crippen molar-refractivity contribution in [1.29, 1.82) is 0 Å². The van der Waals surface area contributed by atoms with E-state index in [0.29, 0.717) is 5.92 Å². The zero-order valence-corrected chi connectivity index (χ0v) is 11.0. The van der Waals surface area contributed by atoms with E-state index < -0.39 is 0 Å². The summed E-state index contributed by atoms with van der Waals surface area (Å²) in [7, 11) is 1.97. The number of nitrogens with one attached hydrogen (secondary N) is 1. The summed E-state index contributed by atoms with van der Waals surface area (Å²) in [4.78, 5) is 0. The monoisotopic (exact) mass is 224 g/mol. The minimum Gasteiger partial charge on any atom is -0.272 e. The zero-order valence-electron chi connectivity index (χ0n) is 11.0. The van der Waals surface area contributed by atoms with E-state index in [-0.39, 0.29) is 6.04 Å². The van der Waals surface area contributed by atoms with Crippen molar-refractivity contribution >= 4 is 0 Å². The number of nitrogens with zero attached hydrogens (tertiary/aromatic N) is 2. The second-order valence-corrected chi connectivity index (χ2v) is 4.90. The Labute approximate surface area is 98.2 Å².